The molecule has 0 bridgehead atoms. The lowest BCUT2D eigenvalue weighted by atomic mass is 10.1. The molecule has 1 heterocycles. The topological polar surface area (TPSA) is 61.3 Å². The fourth-order valence-corrected chi connectivity index (χ4v) is 2.79. The largest absolute Gasteiger partial charge is 0.493 e. The number of hydrogen-bond acceptors (Lipinski definition) is 5. The van der Waals surface area contributed by atoms with Crippen molar-refractivity contribution in [1.82, 2.24) is 14.8 Å². The van der Waals surface area contributed by atoms with Gasteiger partial charge in [-0.1, -0.05) is 12.1 Å². The van der Waals surface area contributed by atoms with E-state index in [2.05, 4.69) is 10.2 Å². The van der Waals surface area contributed by atoms with Crippen molar-refractivity contribution in [3.63, 3.8) is 0 Å². The number of aromatic amines is 1. The molecule has 0 atom stereocenters. The molecule has 0 unspecified atom stereocenters. The Balaban J connectivity index is 2.26. The van der Waals surface area contributed by atoms with E-state index in [9.17, 15) is 4.39 Å². The second-order valence-corrected chi connectivity index (χ2v) is 5.44. The van der Waals surface area contributed by atoms with Gasteiger partial charge in [0.05, 0.1) is 27.0 Å². The molecule has 0 aliphatic rings. The van der Waals surface area contributed by atoms with Gasteiger partial charge in [-0.15, -0.1) is 0 Å². The Bertz CT molecular complexity index is 943. The highest BCUT2D eigenvalue weighted by Crippen LogP contribution is 2.41. The molecule has 0 radical (unpaired) electrons. The minimum Gasteiger partial charge on any atom is -0.493 e. The van der Waals surface area contributed by atoms with Crippen LogP contribution >= 0.6 is 12.2 Å². The van der Waals surface area contributed by atoms with Crippen LogP contribution in [0.5, 0.6) is 17.2 Å². The summed E-state index contributed by atoms with van der Waals surface area (Å²) in [6.07, 6.45) is 0. The standard InChI is InChI=1S/C17H16FN3O3S/c1-22-13-8-10(9-14(23-2)15(13)24-3)16-19-20-17(25)21(16)12-7-5-4-6-11(12)18/h4-9H,1-3H3,(H,20,25). The molecule has 0 spiro atoms. The van der Waals surface area contributed by atoms with Gasteiger partial charge in [0, 0.05) is 5.56 Å². The Kier molecular flexibility index (Phi) is 4.71. The number of rotatable bonds is 5. The monoisotopic (exact) mass is 361 g/mol. The predicted molar refractivity (Wildman–Crippen MR) is 93.8 cm³/mol. The lowest BCUT2D eigenvalue weighted by Crippen LogP contribution is -2.02. The first kappa shape index (κ1) is 17.0. The van der Waals surface area contributed by atoms with Gasteiger partial charge in [-0.2, -0.15) is 5.10 Å². The van der Waals surface area contributed by atoms with Crippen LogP contribution in [0.25, 0.3) is 17.1 Å². The molecule has 3 rings (SSSR count). The van der Waals surface area contributed by atoms with Crippen molar-refractivity contribution < 1.29 is 18.6 Å². The van der Waals surface area contributed by atoms with Crippen LogP contribution in [0.1, 0.15) is 0 Å². The third kappa shape index (κ3) is 2.96. The van der Waals surface area contributed by atoms with Crippen LogP contribution in [-0.2, 0) is 0 Å². The van der Waals surface area contributed by atoms with E-state index in [0.717, 1.165) is 0 Å². The van der Waals surface area contributed by atoms with E-state index in [-0.39, 0.29) is 4.77 Å². The molecule has 0 aliphatic carbocycles. The molecule has 0 saturated carbocycles. The van der Waals surface area contributed by atoms with E-state index < -0.39 is 5.82 Å². The van der Waals surface area contributed by atoms with Crippen LogP contribution in [0.3, 0.4) is 0 Å². The second kappa shape index (κ2) is 6.94. The minimum absolute atomic E-state index is 0.272. The van der Waals surface area contributed by atoms with Gasteiger partial charge < -0.3 is 14.2 Å². The number of aromatic nitrogens is 3. The van der Waals surface area contributed by atoms with E-state index in [4.69, 9.17) is 26.4 Å². The summed E-state index contributed by atoms with van der Waals surface area (Å²) in [5, 5.41) is 6.94. The number of halogens is 1. The maximum Gasteiger partial charge on any atom is 0.203 e. The molecule has 6 nitrogen and oxygen atoms in total. The number of nitrogens with one attached hydrogen (secondary N) is 1. The van der Waals surface area contributed by atoms with Crippen LogP contribution in [-0.4, -0.2) is 36.1 Å². The van der Waals surface area contributed by atoms with Crippen molar-refractivity contribution in [2.75, 3.05) is 21.3 Å². The van der Waals surface area contributed by atoms with E-state index in [1.54, 1.807) is 30.3 Å². The molecule has 3 aromatic rings. The number of H-pyrrole nitrogens is 1. The Morgan fingerprint density at radius 3 is 2.24 bits per heavy atom. The molecule has 0 saturated heterocycles. The van der Waals surface area contributed by atoms with E-state index >= 15 is 0 Å². The summed E-state index contributed by atoms with van der Waals surface area (Å²) >= 11 is 5.28. The highest BCUT2D eigenvalue weighted by atomic mass is 32.1. The summed E-state index contributed by atoms with van der Waals surface area (Å²) in [6, 6.07) is 9.78. The summed E-state index contributed by atoms with van der Waals surface area (Å²) < 4.78 is 32.1. The van der Waals surface area contributed by atoms with Crippen molar-refractivity contribution in [3.8, 4) is 34.3 Å². The lowest BCUT2D eigenvalue weighted by molar-refractivity contribution is 0.324. The van der Waals surface area contributed by atoms with Crippen LogP contribution in [0.2, 0.25) is 0 Å². The molecule has 130 valence electrons. The smallest absolute Gasteiger partial charge is 0.203 e. The summed E-state index contributed by atoms with van der Waals surface area (Å²) in [5.41, 5.74) is 0.926. The zero-order valence-corrected chi connectivity index (χ0v) is 14.7. The van der Waals surface area contributed by atoms with Gasteiger partial charge in [0.2, 0.25) is 5.75 Å². The molecular weight excluding hydrogens is 345 g/mol. The zero-order chi connectivity index (χ0) is 18.0. The Hall–Kier alpha value is -2.87. The number of para-hydroxylation sites is 1. The maximum atomic E-state index is 14.3. The zero-order valence-electron chi connectivity index (χ0n) is 13.9. The quantitative estimate of drug-likeness (QED) is 0.701. The number of nitrogens with zero attached hydrogens (tertiary/aromatic N) is 2. The Morgan fingerprint density at radius 1 is 1.04 bits per heavy atom. The van der Waals surface area contributed by atoms with Crippen LogP contribution < -0.4 is 14.2 Å². The van der Waals surface area contributed by atoms with Gasteiger partial charge in [-0.3, -0.25) is 9.67 Å². The third-order valence-electron chi connectivity index (χ3n) is 3.69. The first-order valence-electron chi connectivity index (χ1n) is 7.33. The van der Waals surface area contributed by atoms with Crippen molar-refractivity contribution in [2.24, 2.45) is 0 Å². The van der Waals surface area contributed by atoms with Gasteiger partial charge in [0.25, 0.3) is 0 Å². The maximum absolute atomic E-state index is 14.3. The van der Waals surface area contributed by atoms with E-state index in [1.165, 1.54) is 32.0 Å². The van der Waals surface area contributed by atoms with Gasteiger partial charge >= 0.3 is 0 Å². The summed E-state index contributed by atoms with van der Waals surface area (Å²) in [7, 11) is 4.57. The van der Waals surface area contributed by atoms with Crippen molar-refractivity contribution in [1.29, 1.82) is 0 Å². The fraction of sp³-hybridized carbons (Fsp3) is 0.176. The second-order valence-electron chi connectivity index (χ2n) is 5.05. The number of benzene rings is 2. The number of hydrogen-bond donors (Lipinski definition) is 1. The molecule has 0 fully saturated rings. The van der Waals surface area contributed by atoms with Crippen LogP contribution in [0.15, 0.2) is 36.4 Å². The number of methoxy groups -OCH3 is 3. The Labute approximate surface area is 148 Å². The molecule has 0 aliphatic heterocycles. The van der Waals surface area contributed by atoms with Gasteiger partial charge in [-0.25, -0.2) is 4.39 Å². The van der Waals surface area contributed by atoms with E-state index in [1.807, 2.05) is 0 Å². The first-order chi connectivity index (χ1) is 12.1. The normalized spacial score (nSPS) is 10.6. The van der Waals surface area contributed by atoms with Gasteiger partial charge in [0.15, 0.2) is 22.1 Å². The SMILES string of the molecule is COc1cc(-c2n[nH]c(=S)n2-c2ccccc2F)cc(OC)c1OC. The minimum atomic E-state index is -0.409. The lowest BCUT2D eigenvalue weighted by Gasteiger charge is -2.14. The summed E-state index contributed by atoms with van der Waals surface area (Å²) in [6.45, 7) is 0. The average Bonchev–Trinajstić information content (AvgIpc) is 3.02. The van der Waals surface area contributed by atoms with E-state index in [0.29, 0.717) is 34.3 Å². The summed E-state index contributed by atoms with van der Waals surface area (Å²) in [4.78, 5) is 0. The van der Waals surface area contributed by atoms with Crippen molar-refractivity contribution in [2.45, 2.75) is 0 Å². The number of ether oxygens (including phenoxy) is 3. The van der Waals surface area contributed by atoms with Crippen LogP contribution in [0, 0.1) is 10.6 Å². The Morgan fingerprint density at radius 2 is 1.68 bits per heavy atom. The highest BCUT2D eigenvalue weighted by molar-refractivity contribution is 7.71. The third-order valence-corrected chi connectivity index (χ3v) is 3.96. The highest BCUT2D eigenvalue weighted by Gasteiger charge is 2.19. The molecular formula is C17H16FN3O3S. The predicted octanol–water partition coefficient (Wildman–Crippen LogP) is 3.76. The molecule has 25 heavy (non-hydrogen) atoms. The fourth-order valence-electron chi connectivity index (χ4n) is 2.56. The molecule has 8 heteroatoms. The summed E-state index contributed by atoms with van der Waals surface area (Å²) in [5.74, 6) is 1.40. The molecule has 1 aromatic heterocycles. The first-order valence-corrected chi connectivity index (χ1v) is 7.74. The molecule has 2 aromatic carbocycles. The average molecular weight is 361 g/mol. The van der Waals surface area contributed by atoms with Crippen molar-refractivity contribution >= 4 is 12.2 Å². The molecule has 0 amide bonds. The molecule has 1 N–H and O–H groups in total. The van der Waals surface area contributed by atoms with Gasteiger partial charge in [0.1, 0.15) is 5.82 Å². The van der Waals surface area contributed by atoms with Crippen molar-refractivity contribution in [3.05, 3.63) is 47.0 Å². The van der Waals surface area contributed by atoms with Gasteiger partial charge in [-0.05, 0) is 36.5 Å². The van der Waals surface area contributed by atoms with Crippen LogP contribution in [0.4, 0.5) is 4.39 Å².